The Hall–Kier alpha value is -2.01. The van der Waals surface area contributed by atoms with Gasteiger partial charge in [-0.1, -0.05) is 91.0 Å². The Labute approximate surface area is 132 Å². The molecule has 22 heavy (non-hydrogen) atoms. The lowest BCUT2D eigenvalue weighted by atomic mass is 10.4. The van der Waals surface area contributed by atoms with Crippen LogP contribution in [0, 0.1) is 0 Å². The average molecular weight is 326 g/mol. The summed E-state index contributed by atoms with van der Waals surface area (Å²) in [4.78, 5) is 0. The Morgan fingerprint density at radius 2 is 0.727 bits per heavy atom. The second-order valence-corrected chi connectivity index (χ2v) is 7.38. The molecule has 0 radical (unpaired) electrons. The Morgan fingerprint density at radius 3 is 0.955 bits per heavy atom. The Kier molecular flexibility index (Phi) is 5.83. The highest BCUT2D eigenvalue weighted by Gasteiger charge is 2.28. The molecule has 4 heteroatoms. The van der Waals surface area contributed by atoms with E-state index in [0.717, 1.165) is 15.9 Å². The van der Waals surface area contributed by atoms with Crippen molar-refractivity contribution in [1.29, 1.82) is 0 Å². The van der Waals surface area contributed by atoms with Crippen LogP contribution in [0.4, 0.5) is 0 Å². The van der Waals surface area contributed by atoms with Crippen molar-refractivity contribution in [2.45, 2.75) is 0 Å². The normalized spacial score (nSPS) is 10.4. The minimum atomic E-state index is -2.78. The van der Waals surface area contributed by atoms with Crippen LogP contribution < -0.4 is 15.9 Å². The topological polar surface area (TPSA) is 34.1 Å². The molecule has 0 atom stereocenters. The first kappa shape index (κ1) is 16.4. The first-order chi connectivity index (χ1) is 10.8. The molecule has 3 aromatic rings. The molecule has 110 valence electrons. The second-order valence-electron chi connectivity index (χ2n) is 4.62. The molecule has 0 bridgehead atoms. The summed E-state index contributed by atoms with van der Waals surface area (Å²) in [5.74, 6) is 0. The summed E-state index contributed by atoms with van der Waals surface area (Å²) in [5, 5.41) is 2.62. The standard InChI is InChI=1S/C18H15OP.HOP/c19-20(16-10-4-1-5-11-16,17-12-6-2-7-13-17)18-14-8-3-9-15-18;1-2/h1-15H;2H. The van der Waals surface area contributed by atoms with E-state index >= 15 is 0 Å². The van der Waals surface area contributed by atoms with E-state index in [4.69, 9.17) is 4.57 Å². The molecular formula is C18H16O2P2. The minimum absolute atomic E-state index is 0.873. The molecule has 2 nitrogen and oxygen atoms in total. The van der Waals surface area contributed by atoms with Crippen LogP contribution in [0.2, 0.25) is 0 Å². The SMILES string of the molecule is O=P.O=P(c1ccccc1)(c1ccccc1)c1ccccc1. The summed E-state index contributed by atoms with van der Waals surface area (Å²) in [6, 6.07) is 29.1. The third-order valence-electron chi connectivity index (χ3n) is 3.36. The molecule has 0 aliphatic carbocycles. The van der Waals surface area contributed by atoms with Crippen LogP contribution in [0.5, 0.6) is 0 Å². The molecule has 3 rings (SSSR count). The first-order valence-corrected chi connectivity index (χ1v) is 8.90. The average Bonchev–Trinajstić information content (AvgIpc) is 2.65. The Morgan fingerprint density at radius 1 is 0.500 bits per heavy atom. The van der Waals surface area contributed by atoms with Gasteiger partial charge >= 0.3 is 0 Å². The van der Waals surface area contributed by atoms with Crippen LogP contribution in [-0.2, 0) is 9.13 Å². The van der Waals surface area contributed by atoms with Crippen molar-refractivity contribution >= 4 is 32.2 Å². The van der Waals surface area contributed by atoms with E-state index in [1.54, 1.807) is 9.12 Å². The van der Waals surface area contributed by atoms with Gasteiger partial charge in [0, 0.05) is 15.9 Å². The largest absolute Gasteiger partial charge is 0.309 e. The lowest BCUT2D eigenvalue weighted by Crippen LogP contribution is -2.24. The second kappa shape index (κ2) is 7.84. The molecule has 0 heterocycles. The predicted molar refractivity (Wildman–Crippen MR) is 94.8 cm³/mol. The Balaban J connectivity index is 0.000000847. The fraction of sp³-hybridized carbons (Fsp3) is 0. The quantitative estimate of drug-likeness (QED) is 0.686. The molecule has 0 amide bonds. The first-order valence-electron chi connectivity index (χ1n) is 6.79. The minimum Gasteiger partial charge on any atom is -0.309 e. The lowest BCUT2D eigenvalue weighted by molar-refractivity contribution is 0.592. The molecular weight excluding hydrogens is 310 g/mol. The van der Waals surface area contributed by atoms with Crippen molar-refractivity contribution in [3.8, 4) is 0 Å². The third-order valence-corrected chi connectivity index (χ3v) is 6.44. The van der Waals surface area contributed by atoms with Crippen LogP contribution >= 0.6 is 16.3 Å². The van der Waals surface area contributed by atoms with Crippen molar-refractivity contribution < 1.29 is 9.13 Å². The summed E-state index contributed by atoms with van der Waals surface area (Å²) in [7, 11) is -1.05. The number of hydrogen-bond acceptors (Lipinski definition) is 2. The summed E-state index contributed by atoms with van der Waals surface area (Å²) in [6.07, 6.45) is 0. The zero-order valence-corrected chi connectivity index (χ0v) is 13.8. The van der Waals surface area contributed by atoms with E-state index in [1.165, 1.54) is 0 Å². The highest BCUT2D eigenvalue weighted by molar-refractivity contribution is 7.85. The van der Waals surface area contributed by atoms with Crippen LogP contribution in [0.1, 0.15) is 0 Å². The maximum atomic E-state index is 13.8. The van der Waals surface area contributed by atoms with Gasteiger partial charge in [0.15, 0.2) is 7.14 Å². The molecule has 0 saturated carbocycles. The van der Waals surface area contributed by atoms with Crippen molar-refractivity contribution in [3.63, 3.8) is 0 Å². The van der Waals surface area contributed by atoms with E-state index in [0.29, 0.717) is 0 Å². The van der Waals surface area contributed by atoms with Crippen LogP contribution in [0.25, 0.3) is 0 Å². The summed E-state index contributed by atoms with van der Waals surface area (Å²) in [5.41, 5.74) is 0. The lowest BCUT2D eigenvalue weighted by Gasteiger charge is -2.19. The van der Waals surface area contributed by atoms with Gasteiger partial charge in [-0.25, -0.2) is 0 Å². The summed E-state index contributed by atoms with van der Waals surface area (Å²) in [6.45, 7) is 0. The van der Waals surface area contributed by atoms with Gasteiger partial charge in [0.2, 0.25) is 0 Å². The number of rotatable bonds is 3. The molecule has 0 unspecified atom stereocenters. The Bertz CT molecular complexity index is 640. The van der Waals surface area contributed by atoms with Gasteiger partial charge in [0.05, 0.1) is 0 Å². The van der Waals surface area contributed by atoms with Gasteiger partial charge < -0.3 is 4.57 Å². The van der Waals surface area contributed by atoms with Gasteiger partial charge in [0.25, 0.3) is 0 Å². The zero-order chi connectivity index (χ0) is 15.8. The molecule has 0 aromatic heterocycles. The van der Waals surface area contributed by atoms with E-state index in [2.05, 4.69) is 0 Å². The highest BCUT2D eigenvalue weighted by atomic mass is 31.2. The van der Waals surface area contributed by atoms with Crippen molar-refractivity contribution in [2.24, 2.45) is 0 Å². The number of hydrogen-bond donors (Lipinski definition) is 0. The van der Waals surface area contributed by atoms with Crippen molar-refractivity contribution in [1.82, 2.24) is 0 Å². The predicted octanol–water partition coefficient (Wildman–Crippen LogP) is 3.80. The molecule has 0 fully saturated rings. The van der Waals surface area contributed by atoms with Gasteiger partial charge in [-0.3, -0.25) is 4.57 Å². The number of benzene rings is 3. The van der Waals surface area contributed by atoms with Crippen LogP contribution in [0.3, 0.4) is 0 Å². The van der Waals surface area contributed by atoms with Crippen molar-refractivity contribution in [3.05, 3.63) is 91.0 Å². The zero-order valence-electron chi connectivity index (χ0n) is 11.9. The van der Waals surface area contributed by atoms with E-state index in [9.17, 15) is 4.57 Å². The van der Waals surface area contributed by atoms with Gasteiger partial charge in [-0.2, -0.15) is 0 Å². The molecule has 0 aliphatic rings. The molecule has 0 saturated heterocycles. The molecule has 0 spiro atoms. The van der Waals surface area contributed by atoms with E-state index < -0.39 is 7.14 Å². The van der Waals surface area contributed by atoms with E-state index in [1.807, 2.05) is 91.0 Å². The van der Waals surface area contributed by atoms with Crippen LogP contribution in [0.15, 0.2) is 91.0 Å². The van der Waals surface area contributed by atoms with Gasteiger partial charge in [-0.15, -0.1) is 0 Å². The third kappa shape index (κ3) is 3.25. The van der Waals surface area contributed by atoms with E-state index in [-0.39, 0.29) is 0 Å². The van der Waals surface area contributed by atoms with Gasteiger partial charge in [0.1, 0.15) is 9.12 Å². The molecule has 0 N–H and O–H groups in total. The molecule has 3 aromatic carbocycles. The fourth-order valence-corrected chi connectivity index (χ4v) is 5.03. The molecule has 0 aliphatic heterocycles. The maximum Gasteiger partial charge on any atom is 0.171 e. The van der Waals surface area contributed by atoms with Crippen molar-refractivity contribution in [2.75, 3.05) is 0 Å². The van der Waals surface area contributed by atoms with Crippen LogP contribution in [-0.4, -0.2) is 0 Å². The monoisotopic (exact) mass is 326 g/mol. The smallest absolute Gasteiger partial charge is 0.171 e. The maximum absolute atomic E-state index is 13.8. The van der Waals surface area contributed by atoms with Gasteiger partial charge in [-0.05, 0) is 0 Å². The highest BCUT2D eigenvalue weighted by Crippen LogP contribution is 2.41. The summed E-state index contributed by atoms with van der Waals surface area (Å²) < 4.78 is 21.9. The summed E-state index contributed by atoms with van der Waals surface area (Å²) >= 11 is 0. The fourth-order valence-electron chi connectivity index (χ4n) is 2.36.